The maximum atomic E-state index is 12.6. The minimum absolute atomic E-state index is 0.164. The molecule has 1 aliphatic heterocycles. The van der Waals surface area contributed by atoms with Crippen molar-refractivity contribution in [2.75, 3.05) is 0 Å². The van der Waals surface area contributed by atoms with Crippen LogP contribution >= 0.6 is 23.2 Å². The molecule has 1 saturated carbocycles. The standard InChI is InChI=1S/C20H14Cl2N2O3/c21-12-3-5-15(22)14(8-12)16-6-4-13(27-16)9-23-24-19(25)17-10-1-2-11(7-10)18(17)20(24)26/h1-6,8-11,17-18H,7H2/b23-9-/t10-,11-,17+,18+/m0/s1. The van der Waals surface area contributed by atoms with Gasteiger partial charge in [-0.1, -0.05) is 35.4 Å². The number of hydrogen-bond donors (Lipinski definition) is 0. The first-order valence-corrected chi connectivity index (χ1v) is 9.44. The van der Waals surface area contributed by atoms with Gasteiger partial charge in [-0.25, -0.2) is 0 Å². The van der Waals surface area contributed by atoms with Crippen LogP contribution in [-0.4, -0.2) is 23.0 Å². The van der Waals surface area contributed by atoms with E-state index in [1.165, 1.54) is 6.21 Å². The fraction of sp³-hybridized carbons (Fsp3) is 0.250. The molecule has 0 radical (unpaired) electrons. The van der Waals surface area contributed by atoms with Crippen LogP contribution in [0.3, 0.4) is 0 Å². The van der Waals surface area contributed by atoms with Crippen molar-refractivity contribution in [3.8, 4) is 11.3 Å². The molecule has 2 aromatic rings. The quantitative estimate of drug-likeness (QED) is 0.435. The maximum absolute atomic E-state index is 12.6. The lowest BCUT2D eigenvalue weighted by atomic mass is 9.85. The molecule has 1 aromatic heterocycles. The number of furan rings is 1. The van der Waals surface area contributed by atoms with Crippen LogP contribution in [0.2, 0.25) is 10.0 Å². The molecule has 0 unspecified atom stereocenters. The Bertz CT molecular complexity index is 996. The zero-order valence-corrected chi connectivity index (χ0v) is 15.5. The van der Waals surface area contributed by atoms with Gasteiger partial charge in [0, 0.05) is 10.6 Å². The van der Waals surface area contributed by atoms with Gasteiger partial charge < -0.3 is 4.42 Å². The van der Waals surface area contributed by atoms with Gasteiger partial charge in [-0.05, 0) is 48.6 Å². The fourth-order valence-electron chi connectivity index (χ4n) is 4.37. The van der Waals surface area contributed by atoms with E-state index in [2.05, 4.69) is 17.3 Å². The molecule has 3 aliphatic rings. The topological polar surface area (TPSA) is 62.9 Å². The van der Waals surface area contributed by atoms with Crippen molar-refractivity contribution >= 4 is 41.2 Å². The zero-order chi connectivity index (χ0) is 18.7. The molecule has 5 nitrogen and oxygen atoms in total. The number of amides is 2. The molecule has 27 heavy (non-hydrogen) atoms. The lowest BCUT2D eigenvalue weighted by Gasteiger charge is -2.13. The Morgan fingerprint density at radius 3 is 2.44 bits per heavy atom. The second-order valence-electron chi connectivity index (χ2n) is 7.06. The van der Waals surface area contributed by atoms with Crippen LogP contribution in [0.25, 0.3) is 11.3 Å². The molecule has 2 aliphatic carbocycles. The highest BCUT2D eigenvalue weighted by molar-refractivity contribution is 6.35. The van der Waals surface area contributed by atoms with Gasteiger partial charge in [-0.15, -0.1) is 0 Å². The summed E-state index contributed by atoms with van der Waals surface area (Å²) < 4.78 is 5.73. The monoisotopic (exact) mass is 400 g/mol. The Morgan fingerprint density at radius 2 is 1.74 bits per heavy atom. The van der Waals surface area contributed by atoms with Gasteiger partial charge >= 0.3 is 0 Å². The van der Waals surface area contributed by atoms with E-state index < -0.39 is 0 Å². The number of carbonyl (C=O) groups is 2. The van der Waals surface area contributed by atoms with E-state index in [9.17, 15) is 9.59 Å². The summed E-state index contributed by atoms with van der Waals surface area (Å²) in [6, 6.07) is 8.54. The molecular formula is C20H14Cl2N2O3. The van der Waals surface area contributed by atoms with Gasteiger partial charge in [0.1, 0.15) is 11.5 Å². The number of imide groups is 1. The summed E-state index contributed by atoms with van der Waals surface area (Å²) in [6.07, 6.45) is 6.38. The zero-order valence-electron chi connectivity index (χ0n) is 14.0. The molecule has 0 spiro atoms. The average molecular weight is 401 g/mol. The van der Waals surface area contributed by atoms with Gasteiger partial charge in [0.15, 0.2) is 0 Å². The van der Waals surface area contributed by atoms with Crippen molar-refractivity contribution in [1.82, 2.24) is 5.01 Å². The first kappa shape index (κ1) is 16.8. The minimum Gasteiger partial charge on any atom is -0.455 e. The number of rotatable bonds is 3. The molecule has 7 heteroatoms. The number of fused-ring (bicyclic) bond motifs is 5. The second-order valence-corrected chi connectivity index (χ2v) is 7.90. The third-order valence-corrected chi connectivity index (χ3v) is 6.13. The summed E-state index contributed by atoms with van der Waals surface area (Å²) >= 11 is 12.2. The SMILES string of the molecule is O=C1[C@H]2[C@H](C(=O)N1/N=C\c1ccc(-c3cc(Cl)ccc3Cl)o1)[C@H]1C=C[C@H]2C1. The van der Waals surface area contributed by atoms with Crippen molar-refractivity contribution < 1.29 is 14.0 Å². The molecule has 1 aromatic carbocycles. The van der Waals surface area contributed by atoms with Crippen LogP contribution in [-0.2, 0) is 9.59 Å². The van der Waals surface area contributed by atoms with Crippen LogP contribution in [0.5, 0.6) is 0 Å². The molecule has 0 N–H and O–H groups in total. The molecule has 2 fully saturated rings. The van der Waals surface area contributed by atoms with Gasteiger partial charge in [-0.2, -0.15) is 10.1 Å². The molecule has 2 amide bonds. The smallest absolute Gasteiger partial charge is 0.254 e. The van der Waals surface area contributed by atoms with Crippen LogP contribution in [0.15, 0.2) is 52.0 Å². The average Bonchev–Trinajstić information content (AvgIpc) is 3.41. The summed E-state index contributed by atoms with van der Waals surface area (Å²) in [5.41, 5.74) is 0.661. The summed E-state index contributed by atoms with van der Waals surface area (Å²) in [5.74, 6) is 0.310. The number of carbonyl (C=O) groups excluding carboxylic acids is 2. The molecule has 2 heterocycles. The summed E-state index contributed by atoms with van der Waals surface area (Å²) in [5, 5.41) is 6.16. The number of hydrazone groups is 1. The lowest BCUT2D eigenvalue weighted by molar-refractivity contribution is -0.140. The fourth-order valence-corrected chi connectivity index (χ4v) is 4.75. The highest BCUT2D eigenvalue weighted by atomic mass is 35.5. The van der Waals surface area contributed by atoms with Crippen LogP contribution in [0.1, 0.15) is 12.2 Å². The van der Waals surface area contributed by atoms with E-state index in [0.717, 1.165) is 11.4 Å². The Hall–Kier alpha value is -2.37. The summed E-state index contributed by atoms with van der Waals surface area (Å²) in [6.45, 7) is 0. The first-order chi connectivity index (χ1) is 13.0. The van der Waals surface area contributed by atoms with E-state index in [1.54, 1.807) is 30.3 Å². The molecule has 2 bridgehead atoms. The van der Waals surface area contributed by atoms with Crippen molar-refractivity contribution in [2.45, 2.75) is 6.42 Å². The van der Waals surface area contributed by atoms with E-state index in [4.69, 9.17) is 27.6 Å². The van der Waals surface area contributed by atoms with E-state index in [1.807, 2.05) is 0 Å². The van der Waals surface area contributed by atoms with Crippen LogP contribution in [0.4, 0.5) is 0 Å². The minimum atomic E-state index is -0.262. The molecule has 136 valence electrons. The second kappa shape index (κ2) is 6.08. The predicted octanol–water partition coefficient (Wildman–Crippen LogP) is 4.39. The third-order valence-electron chi connectivity index (χ3n) is 5.57. The Labute approximate surface area is 165 Å². The predicted molar refractivity (Wildman–Crippen MR) is 101 cm³/mol. The number of nitrogens with zero attached hydrogens (tertiary/aromatic N) is 2. The number of hydrogen-bond acceptors (Lipinski definition) is 4. The van der Waals surface area contributed by atoms with Crippen LogP contribution in [0, 0.1) is 23.7 Å². The highest BCUT2D eigenvalue weighted by Gasteiger charge is 2.59. The Kier molecular flexibility index (Phi) is 3.78. The van der Waals surface area contributed by atoms with Crippen molar-refractivity contribution in [1.29, 1.82) is 0 Å². The van der Waals surface area contributed by atoms with Crippen molar-refractivity contribution in [2.24, 2.45) is 28.8 Å². The van der Waals surface area contributed by atoms with Crippen LogP contribution < -0.4 is 0 Å². The van der Waals surface area contributed by atoms with Gasteiger partial charge in [-0.3, -0.25) is 9.59 Å². The Morgan fingerprint density at radius 1 is 1.04 bits per heavy atom. The first-order valence-electron chi connectivity index (χ1n) is 8.68. The largest absolute Gasteiger partial charge is 0.455 e. The van der Waals surface area contributed by atoms with Gasteiger partial charge in [0.05, 0.1) is 23.1 Å². The van der Waals surface area contributed by atoms with Crippen molar-refractivity contribution in [3.63, 3.8) is 0 Å². The van der Waals surface area contributed by atoms with E-state index in [-0.39, 0.29) is 35.5 Å². The normalized spacial score (nSPS) is 28.7. The molecular weight excluding hydrogens is 387 g/mol. The maximum Gasteiger partial charge on any atom is 0.254 e. The summed E-state index contributed by atoms with van der Waals surface area (Å²) in [7, 11) is 0. The highest BCUT2D eigenvalue weighted by Crippen LogP contribution is 2.52. The molecule has 4 atom stereocenters. The number of benzene rings is 1. The van der Waals surface area contributed by atoms with E-state index in [0.29, 0.717) is 27.1 Å². The lowest BCUT2D eigenvalue weighted by Crippen LogP contribution is -2.28. The molecule has 1 saturated heterocycles. The van der Waals surface area contributed by atoms with Gasteiger partial charge in [0.2, 0.25) is 0 Å². The molecule has 5 rings (SSSR count). The Balaban J connectivity index is 1.38. The third kappa shape index (κ3) is 2.57. The number of allylic oxidation sites excluding steroid dienone is 2. The number of halogens is 2. The van der Waals surface area contributed by atoms with Crippen molar-refractivity contribution in [3.05, 3.63) is 58.3 Å². The summed E-state index contributed by atoms with van der Waals surface area (Å²) in [4.78, 5) is 25.2. The van der Waals surface area contributed by atoms with E-state index >= 15 is 0 Å². The van der Waals surface area contributed by atoms with Gasteiger partial charge in [0.25, 0.3) is 11.8 Å².